The average Bonchev–Trinajstić information content (AvgIpc) is 2.94. The molecule has 1 aromatic heterocycles. The summed E-state index contributed by atoms with van der Waals surface area (Å²) in [6.07, 6.45) is -1.20. The molecule has 1 aliphatic rings. The van der Waals surface area contributed by atoms with Crippen molar-refractivity contribution in [2.45, 2.75) is 6.42 Å². The van der Waals surface area contributed by atoms with Gasteiger partial charge in [0.05, 0.1) is 53.8 Å². The number of morpholine rings is 1. The molecule has 4 rings (SSSR count). The predicted molar refractivity (Wildman–Crippen MR) is 118 cm³/mol. The van der Waals surface area contributed by atoms with Crippen LogP contribution in [0.5, 0.6) is 11.5 Å². The van der Waals surface area contributed by atoms with E-state index in [-0.39, 0.29) is 4.90 Å². The molecule has 0 amide bonds. The number of hydrogen-bond donors (Lipinski definition) is 1. The fraction of sp³-hybridized carbons (Fsp3) is 0.364. The molecule has 0 saturated carbocycles. The van der Waals surface area contributed by atoms with Crippen LogP contribution < -0.4 is 14.8 Å². The zero-order valence-electron chi connectivity index (χ0n) is 32.4. The highest BCUT2D eigenvalue weighted by atomic mass is 35.5. The van der Waals surface area contributed by atoms with Gasteiger partial charge in [0.1, 0.15) is 19.3 Å². The molecule has 3 aromatic rings. The maximum Gasteiger partial charge on any atom is 0.162 e. The number of fused-ring (bicyclic) bond motifs is 1. The third-order valence-corrected chi connectivity index (χ3v) is 4.04. The van der Waals surface area contributed by atoms with Crippen LogP contribution in [0.15, 0.2) is 36.5 Å². The normalized spacial score (nSPS) is 29.4. The van der Waals surface area contributed by atoms with Crippen LogP contribution in [-0.2, 0) is 4.74 Å². The lowest BCUT2D eigenvalue weighted by Crippen LogP contribution is -2.37. The van der Waals surface area contributed by atoms with Crippen LogP contribution in [0, 0.1) is 5.82 Å². The number of rotatable bonds is 8. The Labute approximate surface area is 209 Å². The minimum atomic E-state index is -3.30. The van der Waals surface area contributed by atoms with Gasteiger partial charge in [-0.15, -0.1) is 0 Å². The molecule has 1 aliphatic heterocycles. The largest absolute Gasteiger partial charge is 0.493 e. The molecule has 1 N–H and O–H groups in total. The molecule has 31 heavy (non-hydrogen) atoms. The number of aromatic nitrogens is 2. The van der Waals surface area contributed by atoms with E-state index in [1.165, 1.54) is 0 Å². The van der Waals surface area contributed by atoms with Gasteiger partial charge in [0, 0.05) is 42.1 Å². The maximum atomic E-state index is 14.2. The zero-order chi connectivity index (χ0) is 36.5. The Morgan fingerprint density at radius 2 is 2.16 bits per heavy atom. The first-order valence-corrected chi connectivity index (χ1v) is 8.97. The Bertz CT molecular complexity index is 1720. The topological polar surface area (TPSA) is 68.7 Å². The monoisotopic (exact) mass is 463 g/mol. The second kappa shape index (κ2) is 10.1. The number of halogens is 2. The minimum absolute atomic E-state index is 0.252. The van der Waals surface area contributed by atoms with E-state index in [4.69, 9.17) is 44.4 Å². The quantitative estimate of drug-likeness (QED) is 0.500. The van der Waals surface area contributed by atoms with Crippen LogP contribution in [0.1, 0.15) is 29.7 Å². The first-order chi connectivity index (χ1) is 21.8. The highest BCUT2D eigenvalue weighted by Crippen LogP contribution is 2.35. The molecule has 0 spiro atoms. The van der Waals surface area contributed by atoms with Crippen LogP contribution >= 0.6 is 11.6 Å². The third kappa shape index (κ3) is 5.33. The van der Waals surface area contributed by atoms with E-state index in [1.807, 2.05) is 0 Å². The number of hydrogen-bond acceptors (Lipinski definition) is 7. The molecule has 1 fully saturated rings. The van der Waals surface area contributed by atoms with Gasteiger partial charge < -0.3 is 19.5 Å². The number of nitrogens with zero attached hydrogens (tertiary/aromatic N) is 3. The maximum absolute atomic E-state index is 14.2. The van der Waals surface area contributed by atoms with Crippen molar-refractivity contribution >= 4 is 34.0 Å². The molecular formula is C22H24ClFN4O3. The summed E-state index contributed by atoms with van der Waals surface area (Å²) in [7, 11) is -3.22. The Balaban J connectivity index is 1.79. The molecule has 0 aliphatic carbocycles. The first-order valence-electron chi connectivity index (χ1n) is 17.1. The van der Waals surface area contributed by atoms with E-state index in [2.05, 4.69) is 20.0 Å². The Morgan fingerprint density at radius 1 is 1.29 bits per heavy atom. The van der Waals surface area contributed by atoms with Crippen molar-refractivity contribution in [3.05, 3.63) is 47.4 Å². The van der Waals surface area contributed by atoms with E-state index in [9.17, 15) is 4.39 Å². The van der Waals surface area contributed by atoms with Gasteiger partial charge >= 0.3 is 0 Å². The van der Waals surface area contributed by atoms with E-state index in [0.29, 0.717) is 0 Å². The molecule has 0 radical (unpaired) electrons. The van der Waals surface area contributed by atoms with Crippen LogP contribution in [0.3, 0.4) is 0 Å². The molecule has 1 saturated heterocycles. The van der Waals surface area contributed by atoms with Crippen molar-refractivity contribution in [2.75, 3.05) is 51.6 Å². The van der Waals surface area contributed by atoms with Crippen LogP contribution in [0.25, 0.3) is 10.9 Å². The summed E-state index contributed by atoms with van der Waals surface area (Å²) < 4.78 is 165. The fourth-order valence-electron chi connectivity index (χ4n) is 2.42. The third-order valence-electron chi connectivity index (χ3n) is 3.78. The van der Waals surface area contributed by atoms with Gasteiger partial charge in [0.15, 0.2) is 11.5 Å². The van der Waals surface area contributed by atoms with Gasteiger partial charge in [-0.25, -0.2) is 14.4 Å². The Morgan fingerprint density at radius 3 is 3.00 bits per heavy atom. The second-order valence-electron chi connectivity index (χ2n) is 5.79. The summed E-state index contributed by atoms with van der Waals surface area (Å²) in [6, 6.07) is -4.24. The SMILES string of the molecule is [2H]c1nc(Nc2c([2H])c([2H])c(F)c(Cl)c2[2H])c2c([2H])c(OCCCN3C([2H])([2H])C([2H])([2H])OC([2H])([2H])C3([2H])[2H])c(OC([2H])([2H])[2H])c([2H])c2n1. The van der Waals surface area contributed by atoms with Gasteiger partial charge in [-0.2, -0.15) is 0 Å². The van der Waals surface area contributed by atoms with Gasteiger partial charge in [0.25, 0.3) is 0 Å². The van der Waals surface area contributed by atoms with Crippen LogP contribution in [0.4, 0.5) is 15.9 Å². The first kappa shape index (κ1) is 9.05. The van der Waals surface area contributed by atoms with Crippen molar-refractivity contribution in [1.82, 2.24) is 14.9 Å². The molecule has 0 bridgehead atoms. The molecule has 2 heterocycles. The molecule has 7 nitrogen and oxygen atoms in total. The lowest BCUT2D eigenvalue weighted by molar-refractivity contribution is 0.0357. The van der Waals surface area contributed by atoms with Crippen molar-refractivity contribution in [3.8, 4) is 11.5 Å². The number of benzene rings is 2. The summed E-state index contributed by atoms with van der Waals surface area (Å²) in [5, 5.41) is 1.16. The lowest BCUT2D eigenvalue weighted by Gasteiger charge is -2.26. The fourth-order valence-corrected chi connectivity index (χ4v) is 2.57. The summed E-state index contributed by atoms with van der Waals surface area (Å²) in [5.74, 6) is -3.48. The van der Waals surface area contributed by atoms with E-state index in [0.717, 1.165) is 0 Å². The van der Waals surface area contributed by atoms with E-state index in [1.54, 1.807) is 0 Å². The molecule has 0 atom stereocenters. The van der Waals surface area contributed by atoms with Gasteiger partial charge in [0.2, 0.25) is 0 Å². The Kier molecular flexibility index (Phi) is 2.95. The van der Waals surface area contributed by atoms with Crippen molar-refractivity contribution in [3.63, 3.8) is 0 Å². The van der Waals surface area contributed by atoms with E-state index < -0.39 is 134 Å². The number of ether oxygens (including phenoxy) is 3. The molecule has 9 heteroatoms. The molecule has 164 valence electrons. The summed E-state index contributed by atoms with van der Waals surface area (Å²) >= 11 is 5.80. The number of anilines is 2. The standard InChI is InChI=1S/C22H24ClFN4O3/c1-29-20-13-19-16(12-21(20)31-8-2-5-28-6-9-30-10-7-28)22(26-14-25-19)27-15-3-4-18(24)17(23)11-15/h3-4,11-14H,2,5-10H2,1H3,(H,25,26,27)/i1D3,3D,4D,6D2,7D2,9D2,10D2,11D,12D,13D,14D. The summed E-state index contributed by atoms with van der Waals surface area (Å²) in [6.45, 7) is -14.3. The predicted octanol–water partition coefficient (Wildman–Crippen LogP) is 4.28. The number of nitrogens with one attached hydrogen (secondary N) is 1. The van der Waals surface area contributed by atoms with Crippen molar-refractivity contribution in [2.24, 2.45) is 0 Å². The van der Waals surface area contributed by atoms with Crippen molar-refractivity contribution < 1.29 is 41.9 Å². The van der Waals surface area contributed by atoms with Crippen LogP contribution in [-0.4, -0.2) is 61.2 Å². The molecular weight excluding hydrogens is 423 g/mol. The average molecular weight is 464 g/mol. The Hall–Kier alpha value is -2.68. The van der Waals surface area contributed by atoms with Crippen molar-refractivity contribution in [1.29, 1.82) is 0 Å². The summed E-state index contributed by atoms with van der Waals surface area (Å²) in [4.78, 5) is 7.85. The smallest absolute Gasteiger partial charge is 0.162 e. The highest BCUT2D eigenvalue weighted by molar-refractivity contribution is 6.31. The van der Waals surface area contributed by atoms with Gasteiger partial charge in [-0.3, -0.25) is 4.90 Å². The molecule has 2 aromatic carbocycles. The number of methoxy groups -OCH3 is 1. The van der Waals surface area contributed by atoms with Gasteiger partial charge in [-0.05, 0) is 30.6 Å². The lowest BCUT2D eigenvalue weighted by atomic mass is 10.2. The zero-order valence-corrected chi connectivity index (χ0v) is 16.2. The second-order valence-corrected chi connectivity index (χ2v) is 6.17. The van der Waals surface area contributed by atoms with E-state index >= 15 is 0 Å². The van der Waals surface area contributed by atoms with Gasteiger partial charge in [-0.1, -0.05) is 11.6 Å². The highest BCUT2D eigenvalue weighted by Gasteiger charge is 2.14. The molecule has 0 unspecified atom stereocenters. The van der Waals surface area contributed by atoms with Crippen LogP contribution in [0.2, 0.25) is 5.02 Å². The minimum Gasteiger partial charge on any atom is -0.493 e. The summed E-state index contributed by atoms with van der Waals surface area (Å²) in [5.41, 5.74) is -1.11.